The monoisotopic (exact) mass is 405 g/mol. The lowest BCUT2D eigenvalue weighted by Gasteiger charge is -2.30. The lowest BCUT2D eigenvalue weighted by molar-refractivity contribution is -0.384. The normalized spacial score (nSPS) is 20.2. The van der Waals surface area contributed by atoms with Crippen LogP contribution in [0.3, 0.4) is 0 Å². The second-order valence-corrected chi connectivity index (χ2v) is 7.30. The van der Waals surface area contributed by atoms with Gasteiger partial charge in [-0.25, -0.2) is 5.01 Å². The van der Waals surface area contributed by atoms with Gasteiger partial charge >= 0.3 is 0 Å². The van der Waals surface area contributed by atoms with Crippen molar-refractivity contribution in [2.45, 2.75) is 19.4 Å². The van der Waals surface area contributed by atoms with Crippen LogP contribution < -0.4 is 0 Å². The molecule has 2 aliphatic rings. The predicted molar refractivity (Wildman–Crippen MR) is 107 cm³/mol. The first-order valence-corrected chi connectivity index (χ1v) is 9.60. The van der Waals surface area contributed by atoms with E-state index in [0.717, 1.165) is 21.6 Å². The quantitative estimate of drug-likeness (QED) is 0.329. The predicted octanol–water partition coefficient (Wildman–Crippen LogP) is 3.10. The largest absolute Gasteiger partial charge is 0.273 e. The molecule has 4 rings (SSSR count). The number of allylic oxidation sites excluding steroid dienone is 2. The van der Waals surface area contributed by atoms with Gasteiger partial charge in [0.2, 0.25) is 0 Å². The number of hydrazine groups is 1. The molecule has 3 amide bonds. The van der Waals surface area contributed by atoms with Crippen LogP contribution in [0.2, 0.25) is 0 Å². The lowest BCUT2D eigenvalue weighted by atomic mass is 9.85. The smallest absolute Gasteiger partial charge is 0.272 e. The summed E-state index contributed by atoms with van der Waals surface area (Å²) in [6.45, 7) is -0.00723. The van der Waals surface area contributed by atoms with E-state index in [-0.39, 0.29) is 17.8 Å². The number of hydrogen-bond acceptors (Lipinski definition) is 5. The molecule has 0 spiro atoms. The van der Waals surface area contributed by atoms with Gasteiger partial charge in [0, 0.05) is 17.7 Å². The summed E-state index contributed by atoms with van der Waals surface area (Å²) in [5, 5.41) is 13.2. The third-order valence-electron chi connectivity index (χ3n) is 5.44. The van der Waals surface area contributed by atoms with E-state index in [1.807, 2.05) is 18.2 Å². The van der Waals surface area contributed by atoms with Crippen molar-refractivity contribution < 1.29 is 19.3 Å². The Bertz CT molecular complexity index is 1020. The van der Waals surface area contributed by atoms with Gasteiger partial charge in [-0.05, 0) is 24.5 Å². The van der Waals surface area contributed by atoms with E-state index >= 15 is 0 Å². The van der Waals surface area contributed by atoms with Gasteiger partial charge in [0.25, 0.3) is 23.4 Å². The minimum absolute atomic E-state index is 0.00723. The Morgan fingerprint density at radius 1 is 1.00 bits per heavy atom. The number of nitro groups is 1. The molecule has 1 heterocycles. The summed E-state index contributed by atoms with van der Waals surface area (Å²) < 4.78 is 0. The molecule has 30 heavy (non-hydrogen) atoms. The van der Waals surface area contributed by atoms with Gasteiger partial charge in [0.05, 0.1) is 23.3 Å². The van der Waals surface area contributed by atoms with E-state index in [2.05, 4.69) is 0 Å². The SMILES string of the molecule is O=C(c1cccc([N+](=O)[O-])c1)N(Cc1ccccc1)N1C(=O)[C@H]2CC=CC[C@H]2C1=O. The molecule has 0 aromatic heterocycles. The van der Waals surface area contributed by atoms with Gasteiger partial charge in [-0.15, -0.1) is 0 Å². The maximum Gasteiger partial charge on any atom is 0.273 e. The number of imide groups is 1. The van der Waals surface area contributed by atoms with Crippen molar-refractivity contribution >= 4 is 23.4 Å². The number of carbonyl (C=O) groups excluding carboxylic acids is 3. The Morgan fingerprint density at radius 2 is 1.63 bits per heavy atom. The van der Waals surface area contributed by atoms with Crippen LogP contribution in [0, 0.1) is 22.0 Å². The zero-order valence-electron chi connectivity index (χ0n) is 16.0. The number of amides is 3. The molecule has 2 aromatic rings. The molecule has 2 aromatic carbocycles. The number of hydrogen-bond donors (Lipinski definition) is 0. The van der Waals surface area contributed by atoms with Crippen LogP contribution >= 0.6 is 0 Å². The van der Waals surface area contributed by atoms with Gasteiger partial charge in [0.1, 0.15) is 0 Å². The third-order valence-corrected chi connectivity index (χ3v) is 5.44. The van der Waals surface area contributed by atoms with Crippen LogP contribution in [0.4, 0.5) is 5.69 Å². The van der Waals surface area contributed by atoms with Crippen molar-refractivity contribution in [2.24, 2.45) is 11.8 Å². The van der Waals surface area contributed by atoms with Crippen LogP contribution in [0.5, 0.6) is 0 Å². The summed E-state index contributed by atoms with van der Waals surface area (Å²) >= 11 is 0. The summed E-state index contributed by atoms with van der Waals surface area (Å²) in [6.07, 6.45) is 4.66. The van der Waals surface area contributed by atoms with Gasteiger partial charge in [-0.1, -0.05) is 48.6 Å². The molecule has 0 radical (unpaired) electrons. The summed E-state index contributed by atoms with van der Waals surface area (Å²) in [5.74, 6) is -2.44. The van der Waals surface area contributed by atoms with Gasteiger partial charge < -0.3 is 0 Å². The van der Waals surface area contributed by atoms with E-state index < -0.39 is 34.5 Å². The molecule has 152 valence electrons. The number of nitrogens with zero attached hydrogens (tertiary/aromatic N) is 3. The van der Waals surface area contributed by atoms with Crippen molar-refractivity contribution in [3.63, 3.8) is 0 Å². The van der Waals surface area contributed by atoms with Crippen molar-refractivity contribution in [2.75, 3.05) is 0 Å². The standard InChI is InChI=1S/C22H19N3O5/c26-20(16-9-6-10-17(13-16)25(29)30)23(14-15-7-2-1-3-8-15)24-21(27)18-11-4-5-12-19(18)22(24)28/h1-10,13,18-19H,11-12,14H2/t18-,19+. The first-order valence-electron chi connectivity index (χ1n) is 9.60. The molecule has 0 N–H and O–H groups in total. The molecule has 2 atom stereocenters. The molecular formula is C22H19N3O5. The molecule has 1 aliphatic heterocycles. The highest BCUT2D eigenvalue weighted by molar-refractivity contribution is 6.08. The average molecular weight is 405 g/mol. The highest BCUT2D eigenvalue weighted by Gasteiger charge is 2.50. The van der Waals surface area contributed by atoms with E-state index in [4.69, 9.17) is 0 Å². The number of carbonyl (C=O) groups is 3. The molecule has 1 fully saturated rings. The molecular weight excluding hydrogens is 386 g/mol. The molecule has 1 aliphatic carbocycles. The summed E-state index contributed by atoms with van der Waals surface area (Å²) in [6, 6.07) is 14.3. The zero-order valence-corrected chi connectivity index (χ0v) is 16.0. The van der Waals surface area contributed by atoms with E-state index in [1.165, 1.54) is 18.2 Å². The van der Waals surface area contributed by atoms with Crippen LogP contribution in [-0.4, -0.2) is 32.7 Å². The minimum atomic E-state index is -0.643. The number of fused-ring (bicyclic) bond motifs is 1. The van der Waals surface area contributed by atoms with Gasteiger partial charge in [-0.2, -0.15) is 5.01 Å². The summed E-state index contributed by atoms with van der Waals surface area (Å²) in [4.78, 5) is 50.0. The number of nitro benzene ring substituents is 1. The molecule has 0 unspecified atom stereocenters. The number of rotatable bonds is 5. The molecule has 8 heteroatoms. The van der Waals surface area contributed by atoms with Crippen LogP contribution in [-0.2, 0) is 16.1 Å². The average Bonchev–Trinajstić information content (AvgIpc) is 3.03. The number of benzene rings is 2. The Kier molecular flexibility index (Phi) is 5.14. The summed E-state index contributed by atoms with van der Waals surface area (Å²) in [7, 11) is 0. The fourth-order valence-electron chi connectivity index (χ4n) is 3.91. The third kappa shape index (κ3) is 3.47. The first kappa shape index (κ1) is 19.5. The maximum atomic E-state index is 13.3. The van der Waals surface area contributed by atoms with Crippen LogP contribution in [0.15, 0.2) is 66.7 Å². The molecule has 8 nitrogen and oxygen atoms in total. The molecule has 1 saturated heterocycles. The lowest BCUT2D eigenvalue weighted by Crippen LogP contribution is -2.49. The highest BCUT2D eigenvalue weighted by Crippen LogP contribution is 2.36. The topological polar surface area (TPSA) is 101 Å². The Labute approximate surface area is 172 Å². The summed E-state index contributed by atoms with van der Waals surface area (Å²) in [5.41, 5.74) is 0.524. The van der Waals surface area contributed by atoms with E-state index in [0.29, 0.717) is 12.8 Å². The van der Waals surface area contributed by atoms with Crippen LogP contribution in [0.1, 0.15) is 28.8 Å². The number of non-ortho nitro benzene ring substituents is 1. The van der Waals surface area contributed by atoms with E-state index in [9.17, 15) is 24.5 Å². The minimum Gasteiger partial charge on any atom is -0.272 e. The van der Waals surface area contributed by atoms with Crippen molar-refractivity contribution in [3.8, 4) is 0 Å². The highest BCUT2D eigenvalue weighted by atomic mass is 16.6. The van der Waals surface area contributed by atoms with Gasteiger partial charge in [0.15, 0.2) is 0 Å². The second-order valence-electron chi connectivity index (χ2n) is 7.30. The Morgan fingerprint density at radius 3 is 2.23 bits per heavy atom. The zero-order chi connectivity index (χ0) is 21.3. The fourth-order valence-corrected chi connectivity index (χ4v) is 3.91. The van der Waals surface area contributed by atoms with Crippen molar-refractivity contribution in [1.82, 2.24) is 10.0 Å². The first-order chi connectivity index (χ1) is 14.5. The van der Waals surface area contributed by atoms with Crippen molar-refractivity contribution in [1.29, 1.82) is 0 Å². The Balaban J connectivity index is 1.72. The van der Waals surface area contributed by atoms with Crippen LogP contribution in [0.25, 0.3) is 0 Å². The molecule has 0 bridgehead atoms. The maximum absolute atomic E-state index is 13.3. The molecule has 0 saturated carbocycles. The fraction of sp³-hybridized carbons (Fsp3) is 0.227. The van der Waals surface area contributed by atoms with E-state index in [1.54, 1.807) is 24.3 Å². The Hall–Kier alpha value is -3.81. The second kappa shape index (κ2) is 7.90. The van der Waals surface area contributed by atoms with Gasteiger partial charge in [-0.3, -0.25) is 24.5 Å². The van der Waals surface area contributed by atoms with Crippen molar-refractivity contribution in [3.05, 3.63) is 88.0 Å².